The number of hydrogen-bond donors (Lipinski definition) is 3. The summed E-state index contributed by atoms with van der Waals surface area (Å²) in [6.07, 6.45) is 0.531. The van der Waals surface area contributed by atoms with Crippen LogP contribution in [0.5, 0.6) is 0 Å². The molecular weight excluding hydrogens is 250 g/mol. The first-order valence-electron chi connectivity index (χ1n) is 6.12. The Labute approximate surface area is 109 Å². The van der Waals surface area contributed by atoms with Gasteiger partial charge in [0.25, 0.3) is 0 Å². The minimum atomic E-state index is -2.34. The van der Waals surface area contributed by atoms with Crippen LogP contribution in [0.25, 0.3) is 0 Å². The fourth-order valence-corrected chi connectivity index (χ4v) is 2.66. The first-order valence-corrected chi connectivity index (χ1v) is 7.49. The van der Waals surface area contributed by atoms with Gasteiger partial charge in [-0.05, 0) is 30.2 Å². The van der Waals surface area contributed by atoms with Crippen molar-refractivity contribution >= 4 is 22.1 Å². The second kappa shape index (κ2) is 6.06. The fourth-order valence-electron chi connectivity index (χ4n) is 2.23. The maximum Gasteiger partial charge on any atom is 0.140 e. The van der Waals surface area contributed by atoms with Crippen LogP contribution in [0.4, 0.5) is 11.4 Å². The van der Waals surface area contributed by atoms with Crippen LogP contribution < -0.4 is 16.0 Å². The second-order valence-electron chi connectivity index (χ2n) is 4.43. The van der Waals surface area contributed by atoms with Crippen molar-refractivity contribution in [3.05, 3.63) is 23.8 Å². The zero-order valence-electron chi connectivity index (χ0n) is 10.3. The van der Waals surface area contributed by atoms with E-state index in [1.54, 1.807) is 0 Å². The van der Waals surface area contributed by atoms with Crippen LogP contribution in [0.15, 0.2) is 18.2 Å². The molecule has 0 bridgehead atoms. The van der Waals surface area contributed by atoms with Crippen molar-refractivity contribution in [3.8, 4) is 0 Å². The standard InChI is InChI=1S/C12H19N3O2S/c13-11-1-2-12(15-6-4-14-5-7-15)10(9-11)3-8-18(16)17/h1-2,9,14,18H,3-8,13H2. The zero-order chi connectivity index (χ0) is 13.0. The Hall–Kier alpha value is -1.27. The molecule has 2 rings (SSSR count). The maximum atomic E-state index is 10.7. The summed E-state index contributed by atoms with van der Waals surface area (Å²) in [5.74, 6) is 0.178. The summed E-state index contributed by atoms with van der Waals surface area (Å²) >= 11 is 0. The number of piperazine rings is 1. The molecule has 1 heterocycles. The van der Waals surface area contributed by atoms with Gasteiger partial charge in [0.15, 0.2) is 0 Å². The summed E-state index contributed by atoms with van der Waals surface area (Å²) in [6.45, 7) is 3.81. The maximum absolute atomic E-state index is 10.7. The molecule has 6 heteroatoms. The lowest BCUT2D eigenvalue weighted by molar-refractivity contribution is 0.587. The number of aryl methyl sites for hydroxylation is 1. The highest BCUT2D eigenvalue weighted by Gasteiger charge is 2.14. The molecule has 0 spiro atoms. The van der Waals surface area contributed by atoms with E-state index in [4.69, 9.17) is 5.73 Å². The molecule has 18 heavy (non-hydrogen) atoms. The molecule has 1 aromatic carbocycles. The number of anilines is 2. The molecule has 0 unspecified atom stereocenters. The van der Waals surface area contributed by atoms with Crippen LogP contribution in [0.3, 0.4) is 0 Å². The van der Waals surface area contributed by atoms with E-state index in [1.807, 2.05) is 18.2 Å². The summed E-state index contributed by atoms with van der Waals surface area (Å²) in [4.78, 5) is 2.28. The van der Waals surface area contributed by atoms with Crippen LogP contribution in [0.2, 0.25) is 0 Å². The van der Waals surface area contributed by atoms with Gasteiger partial charge in [-0.1, -0.05) is 0 Å². The van der Waals surface area contributed by atoms with Crippen LogP contribution >= 0.6 is 0 Å². The number of nitrogens with one attached hydrogen (secondary N) is 1. The Kier molecular flexibility index (Phi) is 4.43. The molecule has 0 aromatic heterocycles. The van der Waals surface area contributed by atoms with E-state index in [9.17, 15) is 8.42 Å². The van der Waals surface area contributed by atoms with Crippen LogP contribution in [0, 0.1) is 0 Å². The van der Waals surface area contributed by atoms with Crippen LogP contribution in [-0.4, -0.2) is 40.3 Å². The smallest absolute Gasteiger partial charge is 0.140 e. The van der Waals surface area contributed by atoms with Crippen molar-refractivity contribution in [2.24, 2.45) is 0 Å². The Balaban J connectivity index is 2.21. The van der Waals surface area contributed by atoms with Crippen molar-refractivity contribution in [2.75, 3.05) is 42.6 Å². The van der Waals surface area contributed by atoms with Gasteiger partial charge in [-0.25, -0.2) is 8.42 Å². The van der Waals surface area contributed by atoms with Crippen LogP contribution in [0.1, 0.15) is 5.56 Å². The quantitative estimate of drug-likeness (QED) is 0.523. The highest BCUT2D eigenvalue weighted by Crippen LogP contribution is 2.24. The van der Waals surface area contributed by atoms with Gasteiger partial charge >= 0.3 is 0 Å². The SMILES string of the molecule is Nc1ccc(N2CCNCC2)c(CC[SH](=O)=O)c1. The molecule has 1 aliphatic rings. The normalized spacial score (nSPS) is 16.2. The Morgan fingerprint density at radius 3 is 2.67 bits per heavy atom. The average molecular weight is 269 g/mol. The molecule has 1 saturated heterocycles. The van der Waals surface area contributed by atoms with Gasteiger partial charge < -0.3 is 16.0 Å². The lowest BCUT2D eigenvalue weighted by atomic mass is 10.1. The molecule has 0 saturated carbocycles. The molecule has 100 valence electrons. The number of rotatable bonds is 4. The van der Waals surface area contributed by atoms with Gasteiger partial charge in [-0.3, -0.25) is 0 Å². The number of nitrogens with two attached hydrogens (primary N) is 1. The number of benzene rings is 1. The summed E-state index contributed by atoms with van der Waals surface area (Å²) in [5.41, 5.74) is 8.60. The number of thiol groups is 1. The Bertz CT molecular complexity index is 474. The highest BCUT2D eigenvalue weighted by molar-refractivity contribution is 7.72. The molecule has 1 aromatic rings. The molecule has 0 atom stereocenters. The van der Waals surface area contributed by atoms with E-state index in [-0.39, 0.29) is 5.75 Å². The van der Waals surface area contributed by atoms with Gasteiger partial charge in [-0.2, -0.15) is 0 Å². The van der Waals surface area contributed by atoms with E-state index in [0.717, 1.165) is 37.4 Å². The number of nitrogen functional groups attached to an aromatic ring is 1. The molecular formula is C12H19N3O2S. The molecule has 1 fully saturated rings. The number of hydrogen-bond acceptors (Lipinski definition) is 5. The predicted molar refractivity (Wildman–Crippen MR) is 74.8 cm³/mol. The highest BCUT2D eigenvalue weighted by atomic mass is 32.2. The molecule has 0 radical (unpaired) electrons. The summed E-state index contributed by atoms with van der Waals surface area (Å²) in [5, 5.41) is 3.30. The Morgan fingerprint density at radius 2 is 2.00 bits per heavy atom. The Morgan fingerprint density at radius 1 is 1.28 bits per heavy atom. The molecule has 0 amide bonds. The molecule has 5 nitrogen and oxygen atoms in total. The third kappa shape index (κ3) is 3.36. The average Bonchev–Trinajstić information content (AvgIpc) is 2.37. The van der Waals surface area contributed by atoms with E-state index in [2.05, 4.69) is 10.2 Å². The lowest BCUT2D eigenvalue weighted by Gasteiger charge is -2.31. The van der Waals surface area contributed by atoms with Gasteiger partial charge in [0.2, 0.25) is 0 Å². The van der Waals surface area contributed by atoms with Crippen molar-refractivity contribution < 1.29 is 8.42 Å². The van der Waals surface area contributed by atoms with E-state index < -0.39 is 10.7 Å². The summed E-state index contributed by atoms with van der Waals surface area (Å²) in [7, 11) is -2.34. The third-order valence-electron chi connectivity index (χ3n) is 3.12. The molecule has 3 N–H and O–H groups in total. The molecule has 0 aliphatic carbocycles. The van der Waals surface area contributed by atoms with Crippen LogP contribution in [-0.2, 0) is 17.1 Å². The van der Waals surface area contributed by atoms with Gasteiger partial charge in [0, 0.05) is 37.6 Å². The summed E-state index contributed by atoms with van der Waals surface area (Å²) in [6, 6.07) is 5.75. The van der Waals surface area contributed by atoms with E-state index in [0.29, 0.717) is 12.1 Å². The first kappa shape index (κ1) is 13.2. The van der Waals surface area contributed by atoms with Crippen molar-refractivity contribution in [1.82, 2.24) is 5.32 Å². The van der Waals surface area contributed by atoms with Gasteiger partial charge in [0.05, 0.1) is 5.75 Å². The predicted octanol–water partition coefficient (Wildman–Crippen LogP) is -0.168. The first-order chi connectivity index (χ1) is 8.66. The summed E-state index contributed by atoms with van der Waals surface area (Å²) < 4.78 is 21.5. The third-order valence-corrected chi connectivity index (χ3v) is 3.71. The second-order valence-corrected chi connectivity index (χ2v) is 5.54. The number of nitrogens with zero attached hydrogens (tertiary/aromatic N) is 1. The van der Waals surface area contributed by atoms with Gasteiger partial charge in [-0.15, -0.1) is 0 Å². The van der Waals surface area contributed by atoms with Crippen molar-refractivity contribution in [2.45, 2.75) is 6.42 Å². The van der Waals surface area contributed by atoms with Crippen molar-refractivity contribution in [1.29, 1.82) is 0 Å². The van der Waals surface area contributed by atoms with Gasteiger partial charge in [0.1, 0.15) is 10.7 Å². The van der Waals surface area contributed by atoms with E-state index in [1.165, 1.54) is 0 Å². The monoisotopic (exact) mass is 269 g/mol. The molecule has 1 aliphatic heterocycles. The lowest BCUT2D eigenvalue weighted by Crippen LogP contribution is -2.43. The topological polar surface area (TPSA) is 75.4 Å². The zero-order valence-corrected chi connectivity index (χ0v) is 11.2. The minimum absolute atomic E-state index is 0.178. The largest absolute Gasteiger partial charge is 0.399 e. The fraction of sp³-hybridized carbons (Fsp3) is 0.500. The van der Waals surface area contributed by atoms with E-state index >= 15 is 0 Å². The van der Waals surface area contributed by atoms with Crippen molar-refractivity contribution in [3.63, 3.8) is 0 Å². The minimum Gasteiger partial charge on any atom is -0.399 e.